The van der Waals surface area contributed by atoms with E-state index in [1.165, 1.54) is 6.07 Å². The Kier molecular flexibility index (Phi) is 4.31. The molecule has 0 saturated heterocycles. The third-order valence-corrected chi connectivity index (χ3v) is 3.68. The predicted octanol–water partition coefficient (Wildman–Crippen LogP) is 2.69. The highest BCUT2D eigenvalue weighted by Gasteiger charge is 2.30. The van der Waals surface area contributed by atoms with E-state index >= 15 is 0 Å². The normalized spacial score (nSPS) is 13.2. The third kappa shape index (κ3) is 3.31. The molecule has 118 valence electrons. The second kappa shape index (κ2) is 5.74. The molecule has 0 radical (unpaired) electrons. The van der Waals surface area contributed by atoms with Gasteiger partial charge in [0.05, 0.1) is 10.3 Å². The third-order valence-electron chi connectivity index (χ3n) is 3.44. The lowest BCUT2D eigenvalue weighted by Crippen LogP contribution is -2.48. The maximum atomic E-state index is 12.2. The lowest BCUT2D eigenvalue weighted by molar-refractivity contribution is -0.118. The fourth-order valence-electron chi connectivity index (χ4n) is 2.24. The van der Waals surface area contributed by atoms with Crippen molar-refractivity contribution in [3.05, 3.63) is 39.5 Å². The number of aryl methyl sites for hydroxylation is 2. The molecule has 0 spiro atoms. The van der Waals surface area contributed by atoms with Gasteiger partial charge in [-0.3, -0.25) is 14.9 Å². The standard InChI is InChI=1S/C16H19ClN2O3/c1-8-5-9(2)13-10(20)7-12(22-11(13)6-8)19-15(21)14(18)16(3,4)17/h5-7,14H,18H2,1-4H3,(H,19,21)/t14-/m1/s1. The number of halogens is 1. The first kappa shape index (κ1) is 16.5. The first-order chi connectivity index (χ1) is 10.1. The predicted molar refractivity (Wildman–Crippen MR) is 88.5 cm³/mol. The van der Waals surface area contributed by atoms with E-state index in [0.29, 0.717) is 11.0 Å². The summed E-state index contributed by atoms with van der Waals surface area (Å²) in [4.78, 5) is 23.4. The van der Waals surface area contributed by atoms with Crippen LogP contribution in [0.5, 0.6) is 0 Å². The van der Waals surface area contributed by atoms with Gasteiger partial charge in [0, 0.05) is 6.07 Å². The van der Waals surface area contributed by atoms with E-state index in [1.807, 2.05) is 19.9 Å². The molecule has 0 saturated carbocycles. The molecule has 2 aromatic rings. The molecule has 0 aliphatic carbocycles. The van der Waals surface area contributed by atoms with Crippen LogP contribution in [0.25, 0.3) is 11.0 Å². The van der Waals surface area contributed by atoms with Crippen molar-refractivity contribution in [2.75, 3.05) is 5.32 Å². The maximum Gasteiger partial charge on any atom is 0.245 e. The number of rotatable bonds is 3. The fraction of sp³-hybridized carbons (Fsp3) is 0.375. The molecule has 1 heterocycles. The van der Waals surface area contributed by atoms with Crippen LogP contribution in [0.15, 0.2) is 27.4 Å². The molecule has 1 amide bonds. The number of nitrogens with one attached hydrogen (secondary N) is 1. The number of amides is 1. The summed E-state index contributed by atoms with van der Waals surface area (Å²) in [6.45, 7) is 7.03. The molecule has 1 aromatic heterocycles. The van der Waals surface area contributed by atoms with Gasteiger partial charge in [-0.15, -0.1) is 11.6 Å². The van der Waals surface area contributed by atoms with Crippen molar-refractivity contribution < 1.29 is 9.21 Å². The summed E-state index contributed by atoms with van der Waals surface area (Å²) in [5, 5.41) is 3.01. The Morgan fingerprint density at radius 2 is 1.95 bits per heavy atom. The number of carbonyl (C=O) groups is 1. The average molecular weight is 323 g/mol. The van der Waals surface area contributed by atoms with Gasteiger partial charge in [-0.25, -0.2) is 0 Å². The molecule has 0 fully saturated rings. The Labute approximate surface area is 133 Å². The van der Waals surface area contributed by atoms with Crippen molar-refractivity contribution in [3.63, 3.8) is 0 Å². The molecule has 1 aromatic carbocycles. The van der Waals surface area contributed by atoms with Gasteiger partial charge in [0.1, 0.15) is 11.6 Å². The molecule has 0 bridgehead atoms. The fourth-order valence-corrected chi connectivity index (χ4v) is 2.34. The molecule has 2 rings (SSSR count). The number of anilines is 1. The molecular formula is C16H19ClN2O3. The van der Waals surface area contributed by atoms with Gasteiger partial charge in [-0.1, -0.05) is 6.07 Å². The second-order valence-corrected chi connectivity index (χ2v) is 6.94. The zero-order valence-corrected chi connectivity index (χ0v) is 13.7. The topological polar surface area (TPSA) is 85.3 Å². The van der Waals surface area contributed by atoms with E-state index in [-0.39, 0.29) is 11.3 Å². The van der Waals surface area contributed by atoms with E-state index in [9.17, 15) is 9.59 Å². The van der Waals surface area contributed by atoms with E-state index in [0.717, 1.165) is 11.1 Å². The van der Waals surface area contributed by atoms with Crippen molar-refractivity contribution in [3.8, 4) is 0 Å². The van der Waals surface area contributed by atoms with Gasteiger partial charge in [-0.2, -0.15) is 0 Å². The summed E-state index contributed by atoms with van der Waals surface area (Å²) < 4.78 is 5.61. The summed E-state index contributed by atoms with van der Waals surface area (Å²) in [5.41, 5.74) is 7.79. The highest BCUT2D eigenvalue weighted by atomic mass is 35.5. The Bertz CT molecular complexity index is 790. The smallest absolute Gasteiger partial charge is 0.245 e. The van der Waals surface area contributed by atoms with Gasteiger partial charge < -0.3 is 10.2 Å². The van der Waals surface area contributed by atoms with Crippen molar-refractivity contribution in [1.82, 2.24) is 0 Å². The van der Waals surface area contributed by atoms with Crippen molar-refractivity contribution in [2.45, 2.75) is 38.6 Å². The van der Waals surface area contributed by atoms with Gasteiger partial charge >= 0.3 is 0 Å². The van der Waals surface area contributed by atoms with Crippen molar-refractivity contribution in [1.29, 1.82) is 0 Å². The number of nitrogens with two attached hydrogens (primary N) is 1. The summed E-state index contributed by atoms with van der Waals surface area (Å²) in [6.07, 6.45) is 0. The minimum Gasteiger partial charge on any atom is -0.440 e. The maximum absolute atomic E-state index is 12.2. The zero-order chi connectivity index (χ0) is 16.7. The number of carbonyl (C=O) groups excluding carboxylic acids is 1. The van der Waals surface area contributed by atoms with Gasteiger partial charge in [0.2, 0.25) is 11.8 Å². The van der Waals surface area contributed by atoms with Crippen molar-refractivity contribution >= 4 is 34.4 Å². The Morgan fingerprint density at radius 3 is 2.55 bits per heavy atom. The summed E-state index contributed by atoms with van der Waals surface area (Å²) in [6, 6.07) is 3.97. The highest BCUT2D eigenvalue weighted by molar-refractivity contribution is 6.26. The van der Waals surface area contributed by atoms with Gasteiger partial charge in [0.15, 0.2) is 5.43 Å². The first-order valence-corrected chi connectivity index (χ1v) is 7.28. The van der Waals surface area contributed by atoms with Crippen LogP contribution in [0.1, 0.15) is 25.0 Å². The van der Waals surface area contributed by atoms with Gasteiger partial charge in [-0.05, 0) is 44.9 Å². The van der Waals surface area contributed by atoms with E-state index < -0.39 is 16.8 Å². The molecule has 0 aliphatic heterocycles. The number of benzene rings is 1. The first-order valence-electron chi connectivity index (χ1n) is 6.90. The van der Waals surface area contributed by atoms with Crippen LogP contribution < -0.4 is 16.5 Å². The van der Waals surface area contributed by atoms with Crippen LogP contribution in [0.4, 0.5) is 5.88 Å². The summed E-state index contributed by atoms with van der Waals surface area (Å²) in [7, 11) is 0. The minimum absolute atomic E-state index is 0.0591. The van der Waals surface area contributed by atoms with Crippen LogP contribution in [-0.2, 0) is 4.79 Å². The molecule has 1 atom stereocenters. The largest absolute Gasteiger partial charge is 0.440 e. The monoisotopic (exact) mass is 322 g/mol. The molecular weight excluding hydrogens is 304 g/mol. The number of hydrogen-bond acceptors (Lipinski definition) is 4. The van der Waals surface area contributed by atoms with Crippen LogP contribution in [0.2, 0.25) is 0 Å². The lowest BCUT2D eigenvalue weighted by Gasteiger charge is -2.23. The average Bonchev–Trinajstić information content (AvgIpc) is 2.34. The SMILES string of the molecule is Cc1cc(C)c2c(=O)cc(NC(=O)[C@@H](N)C(C)(C)Cl)oc2c1. The number of fused-ring (bicyclic) bond motifs is 1. The number of hydrogen-bond donors (Lipinski definition) is 2. The lowest BCUT2D eigenvalue weighted by atomic mass is 10.0. The summed E-state index contributed by atoms with van der Waals surface area (Å²) >= 11 is 6.03. The van der Waals surface area contributed by atoms with Crippen LogP contribution in [0.3, 0.4) is 0 Å². The molecule has 22 heavy (non-hydrogen) atoms. The molecule has 6 heteroatoms. The summed E-state index contributed by atoms with van der Waals surface area (Å²) in [5.74, 6) is -0.448. The number of alkyl halides is 1. The Hall–Kier alpha value is -1.85. The van der Waals surface area contributed by atoms with Crippen LogP contribution >= 0.6 is 11.6 Å². The van der Waals surface area contributed by atoms with Crippen LogP contribution in [0, 0.1) is 13.8 Å². The quantitative estimate of drug-likeness (QED) is 0.851. The van der Waals surface area contributed by atoms with E-state index in [4.69, 9.17) is 21.8 Å². The minimum atomic E-state index is -0.936. The second-order valence-electron chi connectivity index (χ2n) is 5.96. The molecule has 0 aliphatic rings. The Morgan fingerprint density at radius 1 is 1.32 bits per heavy atom. The molecule has 3 N–H and O–H groups in total. The molecule has 0 unspecified atom stereocenters. The zero-order valence-electron chi connectivity index (χ0n) is 13.0. The van der Waals surface area contributed by atoms with Gasteiger partial charge in [0.25, 0.3) is 0 Å². The molecule has 5 nitrogen and oxygen atoms in total. The highest BCUT2D eigenvalue weighted by Crippen LogP contribution is 2.22. The van der Waals surface area contributed by atoms with E-state index in [2.05, 4.69) is 5.32 Å². The van der Waals surface area contributed by atoms with Crippen LogP contribution in [-0.4, -0.2) is 16.8 Å². The van der Waals surface area contributed by atoms with Crippen molar-refractivity contribution in [2.24, 2.45) is 5.73 Å². The van der Waals surface area contributed by atoms with E-state index in [1.54, 1.807) is 19.9 Å². The Balaban J connectivity index is 2.42.